The number of anilines is 1. The Morgan fingerprint density at radius 2 is 2.00 bits per heavy atom. The van der Waals surface area contributed by atoms with E-state index in [4.69, 9.17) is 16.6 Å². The Morgan fingerprint density at radius 3 is 2.74 bits per heavy atom. The van der Waals surface area contributed by atoms with Crippen molar-refractivity contribution in [2.45, 2.75) is 37.1 Å². The molecule has 0 bridgehead atoms. The molecule has 1 aromatic heterocycles. The highest BCUT2D eigenvalue weighted by atomic mass is 35.5. The lowest BCUT2D eigenvalue weighted by atomic mass is 9.96. The van der Waals surface area contributed by atoms with Gasteiger partial charge in [-0.15, -0.1) is 0 Å². The number of rotatable bonds is 3. The largest absolute Gasteiger partial charge is 0.370 e. The molecule has 4 heterocycles. The van der Waals surface area contributed by atoms with Crippen molar-refractivity contribution in [1.82, 2.24) is 9.88 Å². The molecule has 0 aliphatic carbocycles. The van der Waals surface area contributed by atoms with E-state index in [1.54, 1.807) is 0 Å². The topological polar surface area (TPSA) is 31.7 Å². The van der Waals surface area contributed by atoms with E-state index >= 15 is 0 Å². The summed E-state index contributed by atoms with van der Waals surface area (Å²) < 4.78 is 0. The fourth-order valence-corrected chi connectivity index (χ4v) is 5.80. The van der Waals surface area contributed by atoms with Crippen LogP contribution >= 0.6 is 23.4 Å². The van der Waals surface area contributed by atoms with Crippen LogP contribution in [0, 0.1) is 0 Å². The van der Waals surface area contributed by atoms with Crippen LogP contribution < -0.4 is 4.90 Å². The van der Waals surface area contributed by atoms with Crippen LogP contribution in [-0.2, 0) is 0 Å². The van der Waals surface area contributed by atoms with E-state index in [0.29, 0.717) is 5.25 Å². The maximum Gasteiger partial charge on any atom is 0.160 e. The van der Waals surface area contributed by atoms with E-state index in [-0.39, 0.29) is 12.1 Å². The molecule has 0 saturated carbocycles. The first kappa shape index (κ1) is 17.4. The average Bonchev–Trinajstić information content (AvgIpc) is 3.38. The molecule has 3 unspecified atom stereocenters. The van der Waals surface area contributed by atoms with Gasteiger partial charge in [-0.3, -0.25) is 9.98 Å². The van der Waals surface area contributed by atoms with Crippen LogP contribution in [0.25, 0.3) is 0 Å². The van der Waals surface area contributed by atoms with E-state index in [1.807, 2.05) is 30.1 Å². The Morgan fingerprint density at radius 1 is 1.15 bits per heavy atom. The van der Waals surface area contributed by atoms with Crippen molar-refractivity contribution in [3.8, 4) is 0 Å². The number of thioether (sulfide) groups is 1. The summed E-state index contributed by atoms with van der Waals surface area (Å²) in [6, 6.07) is 12.9. The van der Waals surface area contributed by atoms with Crippen molar-refractivity contribution in [1.29, 1.82) is 0 Å². The summed E-state index contributed by atoms with van der Waals surface area (Å²) >= 11 is 8.60. The second-order valence-corrected chi connectivity index (χ2v) is 9.35. The molecule has 2 fully saturated rings. The standard InChI is InChI=1S/C21H23ClN4S/c1-14-13-26-20(19(24-21(26)27-14)17-6-2-3-9-23-17)15-7-8-18(16(22)12-15)25-10-4-5-11-25/h2-3,6-9,12,14,19-20H,4-5,10-11,13H2,1H3. The number of hydrogen-bond acceptors (Lipinski definition) is 5. The molecule has 0 spiro atoms. The van der Waals surface area contributed by atoms with Gasteiger partial charge in [-0.2, -0.15) is 0 Å². The van der Waals surface area contributed by atoms with Crippen LogP contribution in [-0.4, -0.2) is 39.9 Å². The Bertz CT molecular complexity index is 866. The zero-order valence-electron chi connectivity index (χ0n) is 15.4. The minimum Gasteiger partial charge on any atom is -0.370 e. The number of halogens is 1. The van der Waals surface area contributed by atoms with Crippen molar-refractivity contribution < 1.29 is 0 Å². The Hall–Kier alpha value is -1.72. The molecule has 4 nitrogen and oxygen atoms in total. The fraction of sp³-hybridized carbons (Fsp3) is 0.429. The molecule has 3 atom stereocenters. The highest BCUT2D eigenvalue weighted by Crippen LogP contribution is 2.48. The molecular weight excluding hydrogens is 376 g/mol. The van der Waals surface area contributed by atoms with Gasteiger partial charge in [0.2, 0.25) is 0 Å². The Balaban J connectivity index is 1.52. The van der Waals surface area contributed by atoms with Crippen molar-refractivity contribution in [2.24, 2.45) is 4.99 Å². The highest BCUT2D eigenvalue weighted by molar-refractivity contribution is 8.14. The summed E-state index contributed by atoms with van der Waals surface area (Å²) in [4.78, 5) is 14.5. The fourth-order valence-electron chi connectivity index (χ4n) is 4.40. The van der Waals surface area contributed by atoms with E-state index in [9.17, 15) is 0 Å². The summed E-state index contributed by atoms with van der Waals surface area (Å²) in [7, 11) is 0. The smallest absolute Gasteiger partial charge is 0.160 e. The van der Waals surface area contributed by atoms with E-state index in [1.165, 1.54) is 18.4 Å². The molecule has 2 aromatic rings. The van der Waals surface area contributed by atoms with Gasteiger partial charge in [-0.1, -0.05) is 42.4 Å². The van der Waals surface area contributed by atoms with Crippen LogP contribution in [0.5, 0.6) is 0 Å². The number of amidine groups is 1. The van der Waals surface area contributed by atoms with Gasteiger partial charge < -0.3 is 9.80 Å². The lowest BCUT2D eigenvalue weighted by Gasteiger charge is -2.28. The molecule has 2 saturated heterocycles. The number of fused-ring (bicyclic) bond motifs is 1. The van der Waals surface area contributed by atoms with Crippen molar-refractivity contribution in [2.75, 3.05) is 24.5 Å². The minimum absolute atomic E-state index is 0.0231. The highest BCUT2D eigenvalue weighted by Gasteiger charge is 2.43. The molecule has 140 valence electrons. The van der Waals surface area contributed by atoms with Crippen molar-refractivity contribution >= 4 is 34.2 Å². The third-order valence-corrected chi connectivity index (χ3v) is 7.05. The second-order valence-electron chi connectivity index (χ2n) is 7.54. The van der Waals surface area contributed by atoms with Crippen molar-refractivity contribution in [3.63, 3.8) is 0 Å². The van der Waals surface area contributed by atoms with Crippen LogP contribution in [0.2, 0.25) is 5.02 Å². The van der Waals surface area contributed by atoms with Gasteiger partial charge in [0.25, 0.3) is 0 Å². The summed E-state index contributed by atoms with van der Waals surface area (Å²) in [6.07, 6.45) is 4.36. The third-order valence-electron chi connectivity index (χ3n) is 5.64. The van der Waals surface area contributed by atoms with Gasteiger partial charge in [0, 0.05) is 31.1 Å². The molecule has 27 heavy (non-hydrogen) atoms. The van der Waals surface area contributed by atoms with Crippen LogP contribution in [0.15, 0.2) is 47.6 Å². The van der Waals surface area contributed by atoms with E-state index in [0.717, 1.165) is 41.2 Å². The molecule has 3 aliphatic heterocycles. The quantitative estimate of drug-likeness (QED) is 0.734. The van der Waals surface area contributed by atoms with Gasteiger partial charge in [-0.25, -0.2) is 0 Å². The lowest BCUT2D eigenvalue weighted by molar-refractivity contribution is 0.321. The maximum absolute atomic E-state index is 6.73. The van der Waals surface area contributed by atoms with Gasteiger partial charge in [0.15, 0.2) is 5.17 Å². The number of nitrogens with zero attached hydrogens (tertiary/aromatic N) is 4. The molecule has 3 aliphatic rings. The zero-order valence-corrected chi connectivity index (χ0v) is 17.0. The first-order chi connectivity index (χ1) is 13.2. The predicted molar refractivity (Wildman–Crippen MR) is 114 cm³/mol. The molecule has 0 radical (unpaired) electrons. The minimum atomic E-state index is 0.0231. The normalized spacial score (nSPS) is 27.2. The Kier molecular flexibility index (Phi) is 4.52. The third kappa shape index (κ3) is 3.11. The maximum atomic E-state index is 6.73. The Labute approximate surface area is 169 Å². The van der Waals surface area contributed by atoms with E-state index in [2.05, 4.69) is 46.0 Å². The molecule has 5 rings (SSSR count). The van der Waals surface area contributed by atoms with Gasteiger partial charge in [-0.05, 0) is 42.7 Å². The number of aromatic nitrogens is 1. The summed E-state index contributed by atoms with van der Waals surface area (Å²) in [5, 5.41) is 2.56. The summed E-state index contributed by atoms with van der Waals surface area (Å²) in [6.45, 7) is 5.49. The molecule has 0 N–H and O–H groups in total. The SMILES string of the molecule is CC1CN2C(=NC(c3ccccn3)C2c2ccc(N3CCCC3)c(Cl)c2)S1. The predicted octanol–water partition coefficient (Wildman–Crippen LogP) is 4.92. The molecule has 6 heteroatoms. The van der Waals surface area contributed by atoms with Crippen molar-refractivity contribution in [3.05, 3.63) is 58.9 Å². The zero-order chi connectivity index (χ0) is 18.4. The first-order valence-electron chi connectivity index (χ1n) is 9.67. The van der Waals surface area contributed by atoms with Gasteiger partial charge in [0.1, 0.15) is 6.04 Å². The van der Waals surface area contributed by atoms with Crippen LogP contribution in [0.3, 0.4) is 0 Å². The van der Waals surface area contributed by atoms with Crippen LogP contribution in [0.4, 0.5) is 5.69 Å². The van der Waals surface area contributed by atoms with Gasteiger partial charge >= 0.3 is 0 Å². The van der Waals surface area contributed by atoms with Gasteiger partial charge in [0.05, 0.1) is 22.4 Å². The average molecular weight is 399 g/mol. The number of hydrogen-bond donors (Lipinski definition) is 0. The monoisotopic (exact) mass is 398 g/mol. The summed E-state index contributed by atoms with van der Waals surface area (Å²) in [5.41, 5.74) is 3.42. The number of pyridine rings is 1. The molecular formula is C21H23ClN4S. The van der Waals surface area contributed by atoms with Crippen LogP contribution in [0.1, 0.15) is 43.1 Å². The molecule has 1 aromatic carbocycles. The lowest BCUT2D eigenvalue weighted by Crippen LogP contribution is -2.28. The second kappa shape index (κ2) is 7.02. The number of benzene rings is 1. The van der Waals surface area contributed by atoms with E-state index < -0.39 is 0 Å². The summed E-state index contributed by atoms with van der Waals surface area (Å²) in [5.74, 6) is 0. The first-order valence-corrected chi connectivity index (χ1v) is 10.9. The number of aliphatic imine (C=N–C) groups is 1. The molecule has 0 amide bonds.